The average Bonchev–Trinajstić information content (AvgIpc) is 3.21. The number of nitriles is 1. The van der Waals surface area contributed by atoms with Gasteiger partial charge >= 0.3 is 6.18 Å². The van der Waals surface area contributed by atoms with E-state index in [1.54, 1.807) is 7.05 Å². The molecular formula is C22H25F4N7O2. The van der Waals surface area contributed by atoms with Crippen molar-refractivity contribution in [2.75, 3.05) is 26.0 Å². The number of fused-ring (bicyclic) bond motifs is 1. The van der Waals surface area contributed by atoms with Gasteiger partial charge in [0.15, 0.2) is 11.5 Å². The molecule has 3 aromatic heterocycles. The minimum Gasteiger partial charge on any atom is -0.495 e. The molecule has 13 heteroatoms. The number of anilines is 1. The first kappa shape index (κ1) is 26.1. The van der Waals surface area contributed by atoms with Gasteiger partial charge in [-0.05, 0) is 26.5 Å². The number of ether oxygens (including phenoxy) is 1. The second-order valence-electron chi connectivity index (χ2n) is 8.06. The molecule has 35 heavy (non-hydrogen) atoms. The van der Waals surface area contributed by atoms with Crippen LogP contribution in [0.4, 0.5) is 23.4 Å². The highest BCUT2D eigenvalue weighted by Gasteiger charge is 2.54. The van der Waals surface area contributed by atoms with Crippen molar-refractivity contribution >= 4 is 11.5 Å². The molecule has 0 amide bonds. The van der Waals surface area contributed by atoms with Crippen LogP contribution in [0.25, 0.3) is 17.0 Å². The highest BCUT2D eigenvalue weighted by molar-refractivity contribution is 5.66. The first-order chi connectivity index (χ1) is 16.5. The smallest absolute Gasteiger partial charge is 0.422 e. The van der Waals surface area contributed by atoms with Gasteiger partial charge in [-0.15, -0.1) is 0 Å². The number of pyridine rings is 1. The molecule has 9 nitrogen and oxygen atoms in total. The number of imidazole rings is 1. The van der Waals surface area contributed by atoms with Gasteiger partial charge in [0.25, 0.3) is 0 Å². The zero-order chi connectivity index (χ0) is 26.0. The number of halogens is 4. The van der Waals surface area contributed by atoms with Crippen LogP contribution >= 0.6 is 0 Å². The fraction of sp³-hybridized carbons (Fsp3) is 0.455. The number of rotatable bonds is 9. The van der Waals surface area contributed by atoms with Crippen molar-refractivity contribution in [2.45, 2.75) is 44.5 Å². The largest absolute Gasteiger partial charge is 0.495 e. The highest BCUT2D eigenvalue weighted by Crippen LogP contribution is 2.41. The lowest BCUT2D eigenvalue weighted by molar-refractivity contribution is -0.261. The van der Waals surface area contributed by atoms with Crippen LogP contribution in [-0.2, 0) is 5.60 Å². The Morgan fingerprint density at radius 2 is 2.03 bits per heavy atom. The summed E-state index contributed by atoms with van der Waals surface area (Å²) < 4.78 is 61.6. The Labute approximate surface area is 198 Å². The van der Waals surface area contributed by atoms with Crippen LogP contribution in [-0.4, -0.2) is 57.6 Å². The van der Waals surface area contributed by atoms with Gasteiger partial charge in [-0.2, -0.15) is 23.5 Å². The summed E-state index contributed by atoms with van der Waals surface area (Å²) in [5.74, 6) is -1.12. The number of alkyl halides is 3. The number of hydrogen-bond acceptors (Lipinski definition) is 8. The van der Waals surface area contributed by atoms with E-state index in [4.69, 9.17) is 4.74 Å². The number of nitrogens with one attached hydrogen (secondary N) is 2. The Morgan fingerprint density at radius 1 is 1.31 bits per heavy atom. The van der Waals surface area contributed by atoms with E-state index >= 15 is 4.39 Å². The predicted molar refractivity (Wildman–Crippen MR) is 119 cm³/mol. The van der Waals surface area contributed by atoms with Gasteiger partial charge in [-0.1, -0.05) is 13.3 Å². The van der Waals surface area contributed by atoms with Gasteiger partial charge in [0.1, 0.15) is 34.7 Å². The Kier molecular flexibility index (Phi) is 7.47. The van der Waals surface area contributed by atoms with Crippen LogP contribution in [0.2, 0.25) is 0 Å². The molecule has 2 unspecified atom stereocenters. The van der Waals surface area contributed by atoms with E-state index in [9.17, 15) is 23.5 Å². The van der Waals surface area contributed by atoms with Crippen molar-refractivity contribution in [3.8, 4) is 23.2 Å². The summed E-state index contributed by atoms with van der Waals surface area (Å²) in [6.07, 6.45) is -2.30. The first-order valence-electron chi connectivity index (χ1n) is 10.7. The van der Waals surface area contributed by atoms with Crippen molar-refractivity contribution in [2.24, 2.45) is 0 Å². The summed E-state index contributed by atoms with van der Waals surface area (Å²) in [7, 11) is 2.90. The van der Waals surface area contributed by atoms with E-state index in [0.717, 1.165) is 36.6 Å². The number of methoxy groups -OCH3 is 1. The molecule has 0 spiro atoms. The Morgan fingerprint density at radius 3 is 2.60 bits per heavy atom. The Balaban J connectivity index is 2.20. The number of nitrogens with zero attached hydrogens (tertiary/aromatic N) is 5. The van der Waals surface area contributed by atoms with Crippen molar-refractivity contribution in [1.82, 2.24) is 24.9 Å². The van der Waals surface area contributed by atoms with E-state index < -0.39 is 23.3 Å². The van der Waals surface area contributed by atoms with Crippen LogP contribution in [0.15, 0.2) is 18.3 Å². The minimum absolute atomic E-state index is 0.0346. The summed E-state index contributed by atoms with van der Waals surface area (Å²) in [6, 6.07) is 3.93. The maximum absolute atomic E-state index is 15.0. The lowest BCUT2D eigenvalue weighted by Gasteiger charge is -2.26. The quantitative estimate of drug-likeness (QED) is 0.387. The summed E-state index contributed by atoms with van der Waals surface area (Å²) >= 11 is 0. The van der Waals surface area contributed by atoms with Crippen molar-refractivity contribution in [1.29, 1.82) is 5.26 Å². The molecule has 0 saturated heterocycles. The van der Waals surface area contributed by atoms with Gasteiger partial charge in [0, 0.05) is 18.7 Å². The molecule has 0 bridgehead atoms. The molecule has 0 saturated carbocycles. The van der Waals surface area contributed by atoms with Crippen LogP contribution < -0.4 is 15.4 Å². The third kappa shape index (κ3) is 4.98. The second-order valence-corrected chi connectivity index (χ2v) is 8.06. The molecule has 0 radical (unpaired) electrons. The molecule has 0 aliphatic carbocycles. The normalized spacial score (nSPS) is 14.4. The monoisotopic (exact) mass is 495 g/mol. The van der Waals surface area contributed by atoms with Crippen molar-refractivity contribution in [3.05, 3.63) is 35.4 Å². The SMILES string of the molecule is CCCC(CNC)Nc1nc(-c2cnc3cc(OC)c(C(C)(O)C(F)(F)F)nn23)c(F)cc1C#N. The third-order valence-corrected chi connectivity index (χ3v) is 5.46. The molecule has 0 aromatic carbocycles. The number of aliphatic hydroxyl groups is 1. The van der Waals surface area contributed by atoms with Gasteiger partial charge in [-0.3, -0.25) is 0 Å². The first-order valence-corrected chi connectivity index (χ1v) is 10.7. The number of hydrogen-bond donors (Lipinski definition) is 3. The van der Waals surface area contributed by atoms with E-state index in [1.165, 1.54) is 6.20 Å². The van der Waals surface area contributed by atoms with Crippen LogP contribution in [0, 0.1) is 17.1 Å². The Bertz CT molecular complexity index is 1250. The fourth-order valence-electron chi connectivity index (χ4n) is 3.56. The molecule has 3 heterocycles. The topological polar surface area (TPSA) is 120 Å². The van der Waals surface area contributed by atoms with Crippen molar-refractivity contribution in [3.63, 3.8) is 0 Å². The predicted octanol–water partition coefficient (Wildman–Crippen LogP) is 3.38. The van der Waals surface area contributed by atoms with Gasteiger partial charge in [0.05, 0.1) is 18.9 Å². The van der Waals surface area contributed by atoms with Gasteiger partial charge in [-0.25, -0.2) is 18.9 Å². The second kappa shape index (κ2) is 10.0. The number of aromatic nitrogens is 4. The maximum atomic E-state index is 15.0. The van der Waals surface area contributed by atoms with E-state index in [2.05, 4.69) is 25.7 Å². The minimum atomic E-state index is -5.07. The molecule has 3 aromatic rings. The van der Waals surface area contributed by atoms with E-state index in [-0.39, 0.29) is 40.2 Å². The standard InChI is InChI=1S/C22H25F4N7O2/c1-5-6-13(10-28-3)30-20-12(9-27)7-14(23)18(31-20)15-11-29-17-8-16(35-4)19(32-33(15)17)21(2,34)22(24,25)26/h7-8,11,13,28,34H,5-6,10H2,1-4H3,(H,30,31). The molecular weight excluding hydrogens is 470 g/mol. The van der Waals surface area contributed by atoms with E-state index in [0.29, 0.717) is 13.5 Å². The molecule has 3 rings (SSSR count). The summed E-state index contributed by atoms with van der Waals surface area (Å²) in [5, 5.41) is 29.8. The molecule has 2 atom stereocenters. The lowest BCUT2D eigenvalue weighted by atomic mass is 10.0. The highest BCUT2D eigenvalue weighted by atomic mass is 19.4. The maximum Gasteiger partial charge on any atom is 0.422 e. The lowest BCUT2D eigenvalue weighted by Crippen LogP contribution is -2.40. The van der Waals surface area contributed by atoms with Gasteiger partial charge in [0.2, 0.25) is 5.60 Å². The molecule has 0 aliphatic heterocycles. The average molecular weight is 495 g/mol. The fourth-order valence-corrected chi connectivity index (χ4v) is 3.56. The molecule has 188 valence electrons. The zero-order valence-corrected chi connectivity index (χ0v) is 19.5. The van der Waals surface area contributed by atoms with Crippen molar-refractivity contribution < 1.29 is 27.4 Å². The summed E-state index contributed by atoms with van der Waals surface area (Å²) in [5.41, 5.74) is -4.55. The Hall–Kier alpha value is -3.50. The third-order valence-electron chi connectivity index (χ3n) is 5.46. The number of likely N-dealkylation sites (N-methyl/N-ethyl adjacent to an activating group) is 1. The van der Waals surface area contributed by atoms with Crippen LogP contribution in [0.1, 0.15) is 37.9 Å². The van der Waals surface area contributed by atoms with E-state index in [1.807, 2.05) is 13.0 Å². The zero-order valence-electron chi connectivity index (χ0n) is 19.5. The molecule has 3 N–H and O–H groups in total. The molecule has 0 fully saturated rings. The van der Waals surface area contributed by atoms with Crippen LogP contribution in [0.5, 0.6) is 5.75 Å². The van der Waals surface area contributed by atoms with Crippen LogP contribution in [0.3, 0.4) is 0 Å². The summed E-state index contributed by atoms with van der Waals surface area (Å²) in [6.45, 7) is 3.09. The van der Waals surface area contributed by atoms with Gasteiger partial charge < -0.3 is 20.5 Å². The summed E-state index contributed by atoms with van der Waals surface area (Å²) in [4.78, 5) is 8.35. The molecule has 0 aliphatic rings.